The highest BCUT2D eigenvalue weighted by molar-refractivity contribution is 6.30. The van der Waals surface area contributed by atoms with Crippen molar-refractivity contribution in [2.45, 2.75) is 5.92 Å². The Kier molecular flexibility index (Phi) is 5.34. The van der Waals surface area contributed by atoms with Crippen LogP contribution in [0.5, 0.6) is 0 Å². The molecule has 3 aromatic rings. The smallest absolute Gasteiger partial charge is 0.0594 e. The standard InChI is InChI=1S/C21H22ClN3O/c22-20-7-5-18(6-8-20)21(15-25-9-11-26-12-10-25)17-3-1-16(2-4-17)19-13-23-24-14-19/h1-8,13-14,21H,9-12,15H2,(H,23,24). The first kappa shape index (κ1) is 17.3. The fraction of sp³-hybridized carbons (Fsp3) is 0.286. The molecule has 0 bridgehead atoms. The molecule has 5 heteroatoms. The lowest BCUT2D eigenvalue weighted by Crippen LogP contribution is -2.39. The van der Waals surface area contributed by atoms with Gasteiger partial charge in [0.25, 0.3) is 0 Å². The molecule has 4 rings (SSSR count). The number of rotatable bonds is 5. The van der Waals surface area contributed by atoms with Crippen LogP contribution in [-0.4, -0.2) is 47.9 Å². The summed E-state index contributed by atoms with van der Waals surface area (Å²) in [6.07, 6.45) is 3.76. The number of halogens is 1. The molecule has 0 aliphatic carbocycles. The second kappa shape index (κ2) is 8.04. The van der Waals surface area contributed by atoms with E-state index in [4.69, 9.17) is 16.3 Å². The zero-order chi connectivity index (χ0) is 17.8. The number of morpholine rings is 1. The number of nitrogens with zero attached hydrogens (tertiary/aromatic N) is 2. The van der Waals surface area contributed by atoms with Crippen LogP contribution in [0, 0.1) is 0 Å². The van der Waals surface area contributed by atoms with Crippen molar-refractivity contribution in [1.82, 2.24) is 15.1 Å². The Morgan fingerprint density at radius 2 is 1.62 bits per heavy atom. The normalized spacial score (nSPS) is 16.5. The maximum Gasteiger partial charge on any atom is 0.0594 e. The Bertz CT molecular complexity index is 809. The molecule has 1 aromatic heterocycles. The van der Waals surface area contributed by atoms with E-state index in [-0.39, 0.29) is 0 Å². The molecule has 0 radical (unpaired) electrons. The Balaban J connectivity index is 1.61. The summed E-state index contributed by atoms with van der Waals surface area (Å²) in [7, 11) is 0. The maximum atomic E-state index is 6.10. The third kappa shape index (κ3) is 3.98. The lowest BCUT2D eigenvalue weighted by molar-refractivity contribution is 0.0365. The van der Waals surface area contributed by atoms with Gasteiger partial charge in [0, 0.05) is 42.3 Å². The lowest BCUT2D eigenvalue weighted by Gasteiger charge is -2.31. The first-order valence-electron chi connectivity index (χ1n) is 8.94. The first-order chi connectivity index (χ1) is 12.8. The molecule has 2 aromatic carbocycles. The third-order valence-electron chi connectivity index (χ3n) is 4.96. The van der Waals surface area contributed by atoms with Gasteiger partial charge in [-0.1, -0.05) is 48.0 Å². The molecule has 1 unspecified atom stereocenters. The van der Waals surface area contributed by atoms with Crippen molar-refractivity contribution in [3.63, 3.8) is 0 Å². The van der Waals surface area contributed by atoms with E-state index in [2.05, 4.69) is 51.5 Å². The van der Waals surface area contributed by atoms with Gasteiger partial charge in [0.1, 0.15) is 0 Å². The zero-order valence-electron chi connectivity index (χ0n) is 14.6. The van der Waals surface area contributed by atoms with E-state index in [1.807, 2.05) is 24.5 Å². The van der Waals surface area contributed by atoms with Crippen molar-refractivity contribution in [3.8, 4) is 11.1 Å². The van der Waals surface area contributed by atoms with E-state index in [1.165, 1.54) is 16.7 Å². The third-order valence-corrected chi connectivity index (χ3v) is 5.21. The number of hydrogen-bond acceptors (Lipinski definition) is 3. The predicted octanol–water partition coefficient (Wildman–Crippen LogP) is 4.19. The average Bonchev–Trinajstić information content (AvgIpc) is 3.23. The molecule has 1 saturated heterocycles. The molecule has 1 N–H and O–H groups in total. The van der Waals surface area contributed by atoms with Gasteiger partial charge < -0.3 is 4.74 Å². The quantitative estimate of drug-likeness (QED) is 0.735. The number of aromatic amines is 1. The number of hydrogen-bond donors (Lipinski definition) is 1. The van der Waals surface area contributed by atoms with E-state index >= 15 is 0 Å². The van der Waals surface area contributed by atoms with Crippen molar-refractivity contribution in [2.75, 3.05) is 32.8 Å². The molecule has 26 heavy (non-hydrogen) atoms. The number of ether oxygens (including phenoxy) is 1. The van der Waals surface area contributed by atoms with Crippen LogP contribution in [-0.2, 0) is 4.74 Å². The minimum absolute atomic E-state index is 0.309. The molecule has 134 valence electrons. The highest BCUT2D eigenvalue weighted by Gasteiger charge is 2.20. The topological polar surface area (TPSA) is 41.1 Å². The van der Waals surface area contributed by atoms with Gasteiger partial charge in [0.2, 0.25) is 0 Å². The fourth-order valence-electron chi connectivity index (χ4n) is 3.46. The van der Waals surface area contributed by atoms with E-state index in [0.29, 0.717) is 5.92 Å². The molecule has 1 aliphatic heterocycles. The van der Waals surface area contributed by atoms with Gasteiger partial charge in [0.15, 0.2) is 0 Å². The van der Waals surface area contributed by atoms with Gasteiger partial charge in [-0.2, -0.15) is 5.10 Å². The molecule has 0 spiro atoms. The van der Waals surface area contributed by atoms with Crippen LogP contribution in [0.4, 0.5) is 0 Å². The molecule has 1 fully saturated rings. The van der Waals surface area contributed by atoms with Gasteiger partial charge in [-0.05, 0) is 28.8 Å². The number of nitrogens with one attached hydrogen (secondary N) is 1. The van der Waals surface area contributed by atoms with Crippen LogP contribution in [0.25, 0.3) is 11.1 Å². The SMILES string of the molecule is Clc1ccc(C(CN2CCOCC2)c2ccc(-c3cn[nH]c3)cc2)cc1. The summed E-state index contributed by atoms with van der Waals surface area (Å²) in [4.78, 5) is 2.48. The predicted molar refractivity (Wildman–Crippen MR) is 105 cm³/mol. The van der Waals surface area contributed by atoms with Crippen LogP contribution in [0.15, 0.2) is 60.9 Å². The molecular weight excluding hydrogens is 346 g/mol. The lowest BCUT2D eigenvalue weighted by atomic mass is 9.89. The number of H-pyrrole nitrogens is 1. The van der Waals surface area contributed by atoms with Crippen molar-refractivity contribution in [2.24, 2.45) is 0 Å². The maximum absolute atomic E-state index is 6.10. The van der Waals surface area contributed by atoms with Crippen LogP contribution in [0.2, 0.25) is 5.02 Å². The highest BCUT2D eigenvalue weighted by Crippen LogP contribution is 2.29. The van der Waals surface area contributed by atoms with Crippen molar-refractivity contribution >= 4 is 11.6 Å². The van der Waals surface area contributed by atoms with Gasteiger partial charge in [0.05, 0.1) is 19.4 Å². The Hall–Kier alpha value is -2.14. The highest BCUT2D eigenvalue weighted by atomic mass is 35.5. The summed E-state index contributed by atoms with van der Waals surface area (Å²) in [5, 5.41) is 7.68. The Morgan fingerprint density at radius 1 is 0.962 bits per heavy atom. The van der Waals surface area contributed by atoms with Crippen LogP contribution in [0.1, 0.15) is 17.0 Å². The summed E-state index contributed by atoms with van der Waals surface area (Å²) >= 11 is 6.10. The molecule has 1 atom stereocenters. The van der Waals surface area contributed by atoms with Gasteiger partial charge in [-0.25, -0.2) is 0 Å². The monoisotopic (exact) mass is 367 g/mol. The van der Waals surface area contributed by atoms with E-state index in [1.54, 1.807) is 0 Å². The van der Waals surface area contributed by atoms with Crippen molar-refractivity contribution in [3.05, 3.63) is 77.1 Å². The van der Waals surface area contributed by atoms with E-state index in [0.717, 1.165) is 43.4 Å². The summed E-state index contributed by atoms with van der Waals surface area (Å²) in [6, 6.07) is 17.0. The van der Waals surface area contributed by atoms with Crippen LogP contribution >= 0.6 is 11.6 Å². The molecule has 1 aliphatic rings. The molecular formula is C21H22ClN3O. The molecule has 0 amide bonds. The second-order valence-electron chi connectivity index (χ2n) is 6.63. The summed E-state index contributed by atoms with van der Waals surface area (Å²) in [6.45, 7) is 4.57. The Labute approximate surface area is 158 Å². The summed E-state index contributed by atoms with van der Waals surface area (Å²) in [5.41, 5.74) is 4.87. The zero-order valence-corrected chi connectivity index (χ0v) is 15.3. The summed E-state index contributed by atoms with van der Waals surface area (Å²) < 4.78 is 5.50. The van der Waals surface area contributed by atoms with E-state index < -0.39 is 0 Å². The number of aromatic nitrogens is 2. The van der Waals surface area contributed by atoms with Crippen molar-refractivity contribution in [1.29, 1.82) is 0 Å². The average molecular weight is 368 g/mol. The van der Waals surface area contributed by atoms with Crippen LogP contribution in [0.3, 0.4) is 0 Å². The first-order valence-corrected chi connectivity index (χ1v) is 9.32. The van der Waals surface area contributed by atoms with Gasteiger partial charge in [-0.3, -0.25) is 10.00 Å². The fourth-order valence-corrected chi connectivity index (χ4v) is 3.58. The minimum atomic E-state index is 0.309. The van der Waals surface area contributed by atoms with Gasteiger partial charge in [-0.15, -0.1) is 0 Å². The minimum Gasteiger partial charge on any atom is -0.379 e. The summed E-state index contributed by atoms with van der Waals surface area (Å²) in [5.74, 6) is 0.309. The van der Waals surface area contributed by atoms with Crippen LogP contribution < -0.4 is 0 Å². The number of benzene rings is 2. The molecule has 4 nitrogen and oxygen atoms in total. The van der Waals surface area contributed by atoms with E-state index in [9.17, 15) is 0 Å². The second-order valence-corrected chi connectivity index (χ2v) is 7.06. The van der Waals surface area contributed by atoms with Crippen molar-refractivity contribution < 1.29 is 4.74 Å². The molecule has 2 heterocycles. The largest absolute Gasteiger partial charge is 0.379 e. The van der Waals surface area contributed by atoms with Gasteiger partial charge >= 0.3 is 0 Å². The Morgan fingerprint density at radius 3 is 2.23 bits per heavy atom. The molecule has 0 saturated carbocycles.